The number of aryl methyl sites for hydroxylation is 1. The number of methoxy groups -OCH3 is 2. The zero-order valence-corrected chi connectivity index (χ0v) is 26.8. The Bertz CT molecular complexity index is 1940. The van der Waals surface area contributed by atoms with Gasteiger partial charge in [0.25, 0.3) is 5.56 Å². The van der Waals surface area contributed by atoms with Gasteiger partial charge in [0.15, 0.2) is 11.8 Å². The third-order valence-electron chi connectivity index (χ3n) is 8.31. The second-order valence-corrected chi connectivity index (χ2v) is 11.5. The van der Waals surface area contributed by atoms with Crippen molar-refractivity contribution in [2.24, 2.45) is 0 Å². The van der Waals surface area contributed by atoms with Gasteiger partial charge in [-0.05, 0) is 30.2 Å². The summed E-state index contributed by atoms with van der Waals surface area (Å²) in [6, 6.07) is 24.6. The molecule has 0 bridgehead atoms. The first-order valence-electron chi connectivity index (χ1n) is 15.4. The Morgan fingerprint density at radius 2 is 1.65 bits per heavy atom. The predicted octanol–water partition coefficient (Wildman–Crippen LogP) is 3.09. The van der Waals surface area contributed by atoms with Crippen LogP contribution in [0.2, 0.25) is 0 Å². The largest absolute Gasteiger partial charge is 0.497 e. The molecular weight excluding hydrogens is 618 g/mol. The molecule has 13 heteroatoms. The Balaban J connectivity index is 1.41. The van der Waals surface area contributed by atoms with Crippen LogP contribution in [0.15, 0.2) is 101 Å². The summed E-state index contributed by atoms with van der Waals surface area (Å²) in [6.07, 6.45) is -0.676. The lowest BCUT2D eigenvalue weighted by Crippen LogP contribution is -2.46. The number of aromatic nitrogens is 5. The number of aromatic amines is 1. The van der Waals surface area contributed by atoms with Crippen molar-refractivity contribution in [2.75, 3.05) is 20.8 Å². The lowest BCUT2D eigenvalue weighted by Gasteiger charge is -2.32. The number of ether oxygens (including phenoxy) is 5. The van der Waals surface area contributed by atoms with Crippen molar-refractivity contribution in [1.82, 2.24) is 24.5 Å². The van der Waals surface area contributed by atoms with Gasteiger partial charge in [-0.2, -0.15) is 0 Å². The SMILES string of the molecule is COc1ccc(Cn2cc([C@]3(COCc4ccccc4)O[C@@H](n4cc(C)c(=O)[nH]c4=O)[C@@H](O)[C@@H]3OCc3ccccc3)nn2)c(OC)c1. The number of hydrogen-bond donors (Lipinski definition) is 2. The minimum absolute atomic E-state index is 0.115. The van der Waals surface area contributed by atoms with Crippen molar-refractivity contribution >= 4 is 0 Å². The van der Waals surface area contributed by atoms with E-state index in [1.807, 2.05) is 72.8 Å². The number of nitrogens with zero attached hydrogens (tertiary/aromatic N) is 4. The molecule has 0 aliphatic carbocycles. The Morgan fingerprint density at radius 1 is 0.938 bits per heavy atom. The van der Waals surface area contributed by atoms with Crippen molar-refractivity contribution in [3.8, 4) is 11.5 Å². The van der Waals surface area contributed by atoms with E-state index in [0.29, 0.717) is 23.7 Å². The van der Waals surface area contributed by atoms with Gasteiger partial charge in [-0.25, -0.2) is 9.48 Å². The van der Waals surface area contributed by atoms with Gasteiger partial charge >= 0.3 is 5.69 Å². The Hall–Kier alpha value is -5.08. The maximum absolute atomic E-state index is 13.1. The van der Waals surface area contributed by atoms with Crippen LogP contribution >= 0.6 is 0 Å². The van der Waals surface area contributed by atoms with E-state index in [1.165, 1.54) is 6.20 Å². The average molecular weight is 656 g/mol. The van der Waals surface area contributed by atoms with Crippen LogP contribution in [0, 0.1) is 6.92 Å². The molecule has 6 rings (SSSR count). The summed E-state index contributed by atoms with van der Waals surface area (Å²) in [4.78, 5) is 27.6. The summed E-state index contributed by atoms with van der Waals surface area (Å²) in [5, 5.41) is 20.8. The van der Waals surface area contributed by atoms with Crippen molar-refractivity contribution < 1.29 is 28.8 Å². The van der Waals surface area contributed by atoms with Crippen LogP contribution in [-0.4, -0.2) is 62.7 Å². The molecule has 3 aromatic carbocycles. The maximum atomic E-state index is 13.1. The molecular formula is C35H37N5O8. The highest BCUT2D eigenvalue weighted by atomic mass is 16.6. The molecule has 48 heavy (non-hydrogen) atoms. The summed E-state index contributed by atoms with van der Waals surface area (Å²) >= 11 is 0. The fourth-order valence-corrected chi connectivity index (χ4v) is 5.79. The summed E-state index contributed by atoms with van der Waals surface area (Å²) in [5.74, 6) is 1.26. The zero-order chi connectivity index (χ0) is 33.7. The Labute approximate surface area is 276 Å². The van der Waals surface area contributed by atoms with Gasteiger partial charge in [-0.3, -0.25) is 14.3 Å². The fourth-order valence-electron chi connectivity index (χ4n) is 5.79. The predicted molar refractivity (Wildman–Crippen MR) is 174 cm³/mol. The zero-order valence-electron chi connectivity index (χ0n) is 26.8. The van der Waals surface area contributed by atoms with Crippen LogP contribution in [0.3, 0.4) is 0 Å². The van der Waals surface area contributed by atoms with Crippen molar-refractivity contribution in [1.29, 1.82) is 0 Å². The third kappa shape index (κ3) is 6.80. The smallest absolute Gasteiger partial charge is 0.330 e. The molecule has 13 nitrogen and oxygen atoms in total. The molecule has 0 spiro atoms. The number of nitrogens with one attached hydrogen (secondary N) is 1. The van der Waals surface area contributed by atoms with Crippen LogP contribution in [0.25, 0.3) is 0 Å². The number of hydrogen-bond acceptors (Lipinski definition) is 10. The van der Waals surface area contributed by atoms with Gasteiger partial charge in [0.1, 0.15) is 29.4 Å². The van der Waals surface area contributed by atoms with E-state index in [2.05, 4.69) is 15.3 Å². The number of benzene rings is 3. The Kier molecular flexibility index (Phi) is 9.82. The number of H-pyrrole nitrogens is 1. The van der Waals surface area contributed by atoms with Crippen molar-refractivity contribution in [3.05, 3.63) is 140 Å². The summed E-state index contributed by atoms with van der Waals surface area (Å²) in [7, 11) is 3.16. The molecule has 1 aliphatic rings. The molecule has 1 fully saturated rings. The highest BCUT2D eigenvalue weighted by molar-refractivity contribution is 5.41. The summed E-state index contributed by atoms with van der Waals surface area (Å²) in [5.41, 5.74) is 0.372. The molecule has 250 valence electrons. The molecule has 2 N–H and O–H groups in total. The van der Waals surface area contributed by atoms with E-state index in [9.17, 15) is 14.7 Å². The van der Waals surface area contributed by atoms with E-state index in [-0.39, 0.29) is 25.4 Å². The number of aliphatic hydroxyl groups is 1. The fraction of sp³-hybridized carbons (Fsp3) is 0.314. The van der Waals surface area contributed by atoms with Crippen LogP contribution in [-0.2, 0) is 39.6 Å². The second kappa shape index (κ2) is 14.4. The van der Waals surface area contributed by atoms with Gasteiger partial charge in [0, 0.05) is 23.4 Å². The van der Waals surface area contributed by atoms with E-state index in [0.717, 1.165) is 21.3 Å². The summed E-state index contributed by atoms with van der Waals surface area (Å²) in [6.45, 7) is 2.09. The average Bonchev–Trinajstić information content (AvgIpc) is 3.69. The molecule has 5 aromatic rings. The Morgan fingerprint density at radius 3 is 2.33 bits per heavy atom. The van der Waals surface area contributed by atoms with Gasteiger partial charge in [-0.1, -0.05) is 65.9 Å². The van der Waals surface area contributed by atoms with Crippen LogP contribution < -0.4 is 20.7 Å². The van der Waals surface area contributed by atoms with E-state index < -0.39 is 35.3 Å². The number of aliphatic hydroxyl groups excluding tert-OH is 1. The highest BCUT2D eigenvalue weighted by Crippen LogP contribution is 2.45. The topological polar surface area (TPSA) is 152 Å². The maximum Gasteiger partial charge on any atom is 0.330 e. The monoisotopic (exact) mass is 655 g/mol. The van der Waals surface area contributed by atoms with E-state index in [4.69, 9.17) is 23.7 Å². The van der Waals surface area contributed by atoms with Gasteiger partial charge in [0.2, 0.25) is 0 Å². The number of rotatable bonds is 13. The third-order valence-corrected chi connectivity index (χ3v) is 8.31. The molecule has 0 saturated carbocycles. The lowest BCUT2D eigenvalue weighted by molar-refractivity contribution is -0.165. The first-order valence-corrected chi connectivity index (χ1v) is 15.4. The first-order chi connectivity index (χ1) is 23.3. The van der Waals surface area contributed by atoms with Gasteiger partial charge in [0.05, 0.1) is 46.8 Å². The molecule has 2 aromatic heterocycles. The van der Waals surface area contributed by atoms with E-state index >= 15 is 0 Å². The highest BCUT2D eigenvalue weighted by Gasteiger charge is 2.59. The lowest BCUT2D eigenvalue weighted by atomic mass is 9.92. The minimum atomic E-state index is -1.54. The molecule has 0 radical (unpaired) electrons. The van der Waals surface area contributed by atoms with Gasteiger partial charge < -0.3 is 28.8 Å². The van der Waals surface area contributed by atoms with Crippen molar-refractivity contribution in [2.45, 2.75) is 50.7 Å². The molecule has 1 saturated heterocycles. The normalized spacial score (nSPS) is 20.5. The quantitative estimate of drug-likeness (QED) is 0.194. The van der Waals surface area contributed by atoms with Crippen LogP contribution in [0.4, 0.5) is 0 Å². The van der Waals surface area contributed by atoms with Crippen molar-refractivity contribution in [3.63, 3.8) is 0 Å². The first kappa shape index (κ1) is 32.8. The molecule has 4 atom stereocenters. The van der Waals surface area contributed by atoms with E-state index in [1.54, 1.807) is 38.1 Å². The summed E-state index contributed by atoms with van der Waals surface area (Å²) < 4.78 is 33.1. The minimum Gasteiger partial charge on any atom is -0.497 e. The second-order valence-electron chi connectivity index (χ2n) is 11.5. The van der Waals surface area contributed by atoms with Gasteiger partial charge in [-0.15, -0.1) is 5.10 Å². The molecule has 0 unspecified atom stereocenters. The molecule has 3 heterocycles. The standard InChI is InChI=1S/C35H37N5O8/c1-23-17-40(34(43)36-32(23)42)33-30(41)31(47-21-25-12-8-5-9-13-25)35(48-33,22-46-20-24-10-6-4-7-11-24)29-19-39(38-37-29)18-26-14-15-27(44-2)16-28(26)45-3/h4-17,19,30-31,33,41H,18,20-22H2,1-3H3,(H,36,42,43)/t30-,31-,33+,35-/m0/s1. The van der Waals surface area contributed by atoms with Crippen LogP contribution in [0.1, 0.15) is 34.2 Å². The molecule has 0 amide bonds. The molecule has 1 aliphatic heterocycles. The van der Waals surface area contributed by atoms with Crippen LogP contribution in [0.5, 0.6) is 11.5 Å².